The van der Waals surface area contributed by atoms with E-state index in [1.165, 1.54) is 0 Å². The highest BCUT2D eigenvalue weighted by atomic mass is 16.5. The van der Waals surface area contributed by atoms with Crippen molar-refractivity contribution in [3.63, 3.8) is 0 Å². The maximum atomic E-state index is 11.3. The minimum Gasteiger partial charge on any atom is -0.482 e. The molecule has 6 heteroatoms. The summed E-state index contributed by atoms with van der Waals surface area (Å²) in [6, 6.07) is 6.13. The number of rotatable bonds is 4. The summed E-state index contributed by atoms with van der Waals surface area (Å²) in [5, 5.41) is 10.4. The molecule has 0 unspecified atom stereocenters. The van der Waals surface area contributed by atoms with Crippen molar-refractivity contribution in [3.05, 3.63) is 36.2 Å². The van der Waals surface area contributed by atoms with Crippen LogP contribution < -0.4 is 15.4 Å². The molecular weight excluding hydrogens is 268 g/mol. The van der Waals surface area contributed by atoms with Crippen LogP contribution in [0.2, 0.25) is 0 Å². The van der Waals surface area contributed by atoms with Crippen LogP contribution in [-0.4, -0.2) is 22.3 Å². The molecule has 1 aliphatic rings. The lowest BCUT2D eigenvalue weighted by Crippen LogP contribution is -2.25. The van der Waals surface area contributed by atoms with Gasteiger partial charge in [0.05, 0.1) is 17.6 Å². The van der Waals surface area contributed by atoms with E-state index >= 15 is 0 Å². The van der Waals surface area contributed by atoms with Gasteiger partial charge in [0, 0.05) is 18.8 Å². The van der Waals surface area contributed by atoms with Crippen LogP contribution >= 0.6 is 0 Å². The number of aromatic nitrogens is 2. The predicted octanol–water partition coefficient (Wildman–Crippen LogP) is 2.41. The van der Waals surface area contributed by atoms with Gasteiger partial charge in [-0.3, -0.25) is 9.48 Å². The minimum atomic E-state index is -0.120. The zero-order chi connectivity index (χ0) is 14.8. The second kappa shape index (κ2) is 5.47. The lowest BCUT2D eigenvalue weighted by atomic mass is 10.1. The van der Waals surface area contributed by atoms with E-state index in [2.05, 4.69) is 29.6 Å². The summed E-state index contributed by atoms with van der Waals surface area (Å²) in [5.41, 5.74) is 2.77. The molecule has 1 aromatic carbocycles. The normalized spacial score (nSPS) is 13.6. The Labute approximate surface area is 123 Å². The molecule has 2 heterocycles. The summed E-state index contributed by atoms with van der Waals surface area (Å²) in [5.74, 6) is 0.594. The fourth-order valence-corrected chi connectivity index (χ4v) is 2.16. The van der Waals surface area contributed by atoms with E-state index in [0.29, 0.717) is 18.3 Å². The molecule has 1 aliphatic heterocycles. The van der Waals surface area contributed by atoms with Crippen molar-refractivity contribution in [2.24, 2.45) is 0 Å². The zero-order valence-corrected chi connectivity index (χ0v) is 12.1. The number of anilines is 2. The smallest absolute Gasteiger partial charge is 0.262 e. The molecule has 0 atom stereocenters. The Morgan fingerprint density at radius 3 is 3.10 bits per heavy atom. The number of benzene rings is 1. The second-order valence-electron chi connectivity index (χ2n) is 5.32. The standard InChI is InChI=1S/C15H18N4O2/c1-10(2)19-8-12(7-17-19)16-6-11-3-4-14-13(5-11)18-15(20)9-21-14/h3-5,7-8,10,16H,6,9H2,1-2H3,(H,18,20). The van der Waals surface area contributed by atoms with Crippen molar-refractivity contribution in [3.8, 4) is 5.75 Å². The maximum absolute atomic E-state index is 11.3. The monoisotopic (exact) mass is 286 g/mol. The minimum absolute atomic E-state index is 0.0823. The van der Waals surface area contributed by atoms with Crippen LogP contribution in [0.4, 0.5) is 11.4 Å². The summed E-state index contributed by atoms with van der Waals surface area (Å²) in [6.45, 7) is 4.91. The van der Waals surface area contributed by atoms with Gasteiger partial charge in [-0.1, -0.05) is 6.07 Å². The van der Waals surface area contributed by atoms with Gasteiger partial charge in [-0.2, -0.15) is 5.10 Å². The van der Waals surface area contributed by atoms with Gasteiger partial charge in [0.25, 0.3) is 5.91 Å². The Hall–Kier alpha value is -2.50. The highest BCUT2D eigenvalue weighted by Crippen LogP contribution is 2.28. The topological polar surface area (TPSA) is 68.2 Å². The van der Waals surface area contributed by atoms with E-state index in [-0.39, 0.29) is 12.5 Å². The van der Waals surface area contributed by atoms with E-state index in [9.17, 15) is 4.79 Å². The maximum Gasteiger partial charge on any atom is 0.262 e. The third kappa shape index (κ3) is 2.99. The molecule has 3 rings (SSSR count). The van der Waals surface area contributed by atoms with Crippen LogP contribution in [0, 0.1) is 0 Å². The molecule has 21 heavy (non-hydrogen) atoms. The van der Waals surface area contributed by atoms with E-state index in [4.69, 9.17) is 4.74 Å². The van der Waals surface area contributed by atoms with Gasteiger partial charge in [0.2, 0.25) is 0 Å². The highest BCUT2D eigenvalue weighted by Gasteiger charge is 2.15. The molecule has 0 fully saturated rings. The van der Waals surface area contributed by atoms with Gasteiger partial charge in [0.1, 0.15) is 5.75 Å². The van der Waals surface area contributed by atoms with Gasteiger partial charge in [-0.05, 0) is 31.5 Å². The van der Waals surface area contributed by atoms with Crippen molar-refractivity contribution < 1.29 is 9.53 Å². The molecule has 6 nitrogen and oxygen atoms in total. The Morgan fingerprint density at radius 1 is 1.48 bits per heavy atom. The van der Waals surface area contributed by atoms with Crippen molar-refractivity contribution >= 4 is 17.3 Å². The predicted molar refractivity (Wildman–Crippen MR) is 80.5 cm³/mol. The van der Waals surface area contributed by atoms with Gasteiger partial charge < -0.3 is 15.4 Å². The van der Waals surface area contributed by atoms with Crippen molar-refractivity contribution in [1.29, 1.82) is 0 Å². The van der Waals surface area contributed by atoms with Gasteiger partial charge in [-0.25, -0.2) is 0 Å². The lowest BCUT2D eigenvalue weighted by Gasteiger charge is -2.18. The Morgan fingerprint density at radius 2 is 2.33 bits per heavy atom. The first-order valence-electron chi connectivity index (χ1n) is 6.95. The average Bonchev–Trinajstić information content (AvgIpc) is 2.93. The number of hydrogen-bond acceptors (Lipinski definition) is 4. The van der Waals surface area contributed by atoms with Crippen LogP contribution in [0.15, 0.2) is 30.6 Å². The van der Waals surface area contributed by atoms with Crippen LogP contribution in [0.3, 0.4) is 0 Å². The third-order valence-corrected chi connectivity index (χ3v) is 3.30. The first-order chi connectivity index (χ1) is 10.1. The molecule has 0 spiro atoms. The first-order valence-corrected chi connectivity index (χ1v) is 6.95. The van der Waals surface area contributed by atoms with Gasteiger partial charge in [0.15, 0.2) is 6.61 Å². The van der Waals surface area contributed by atoms with E-state index in [1.54, 1.807) is 0 Å². The molecular formula is C15H18N4O2. The Bertz CT molecular complexity index is 663. The number of amides is 1. The zero-order valence-electron chi connectivity index (χ0n) is 12.1. The van der Waals surface area contributed by atoms with Gasteiger partial charge in [-0.15, -0.1) is 0 Å². The quantitative estimate of drug-likeness (QED) is 0.905. The average molecular weight is 286 g/mol. The number of nitrogens with zero attached hydrogens (tertiary/aromatic N) is 2. The van der Waals surface area contributed by atoms with Crippen molar-refractivity contribution in [2.75, 3.05) is 17.2 Å². The van der Waals surface area contributed by atoms with Crippen LogP contribution in [0.1, 0.15) is 25.5 Å². The molecule has 110 valence electrons. The fraction of sp³-hybridized carbons (Fsp3) is 0.333. The van der Waals surface area contributed by atoms with Crippen LogP contribution in [0.5, 0.6) is 5.75 Å². The summed E-state index contributed by atoms with van der Waals surface area (Å²) in [7, 11) is 0. The van der Waals surface area contributed by atoms with E-state index < -0.39 is 0 Å². The molecule has 2 N–H and O–H groups in total. The largest absolute Gasteiger partial charge is 0.482 e. The fourth-order valence-electron chi connectivity index (χ4n) is 2.16. The van der Waals surface area contributed by atoms with Crippen molar-refractivity contribution in [1.82, 2.24) is 9.78 Å². The van der Waals surface area contributed by atoms with E-state index in [1.807, 2.05) is 35.3 Å². The number of ether oxygens (including phenoxy) is 1. The molecule has 2 aromatic rings. The summed E-state index contributed by atoms with van der Waals surface area (Å²) >= 11 is 0. The summed E-state index contributed by atoms with van der Waals surface area (Å²) in [6.07, 6.45) is 3.79. The second-order valence-corrected chi connectivity index (χ2v) is 5.32. The number of nitrogens with one attached hydrogen (secondary N) is 2. The summed E-state index contributed by atoms with van der Waals surface area (Å²) < 4.78 is 7.24. The first kappa shape index (κ1) is 13.5. The van der Waals surface area contributed by atoms with Crippen LogP contribution in [0.25, 0.3) is 0 Å². The third-order valence-electron chi connectivity index (χ3n) is 3.30. The number of fused-ring (bicyclic) bond motifs is 1. The molecule has 0 saturated heterocycles. The molecule has 0 aliphatic carbocycles. The molecule has 0 bridgehead atoms. The molecule has 1 amide bonds. The Kier molecular flexibility index (Phi) is 3.51. The Balaban J connectivity index is 1.67. The molecule has 1 aromatic heterocycles. The number of hydrogen-bond donors (Lipinski definition) is 2. The van der Waals surface area contributed by atoms with Gasteiger partial charge >= 0.3 is 0 Å². The molecule has 0 saturated carbocycles. The number of carbonyl (C=O) groups is 1. The number of carbonyl (C=O) groups excluding carboxylic acids is 1. The van der Waals surface area contributed by atoms with Crippen molar-refractivity contribution in [2.45, 2.75) is 26.4 Å². The molecule has 0 radical (unpaired) electrons. The van der Waals surface area contributed by atoms with Crippen LogP contribution in [-0.2, 0) is 11.3 Å². The summed E-state index contributed by atoms with van der Waals surface area (Å²) in [4.78, 5) is 11.3. The SMILES string of the molecule is CC(C)n1cc(NCc2ccc3c(c2)NC(=O)CO3)cn1. The lowest BCUT2D eigenvalue weighted by molar-refractivity contribution is -0.118. The highest BCUT2D eigenvalue weighted by molar-refractivity contribution is 5.95. The van der Waals surface area contributed by atoms with E-state index in [0.717, 1.165) is 16.9 Å².